The lowest BCUT2D eigenvalue weighted by molar-refractivity contribution is -0.138. The Morgan fingerprint density at radius 1 is 1.00 bits per heavy atom. The van der Waals surface area contributed by atoms with Crippen molar-refractivity contribution in [3.63, 3.8) is 0 Å². The summed E-state index contributed by atoms with van der Waals surface area (Å²) in [5.74, 6) is -1.05. The van der Waals surface area contributed by atoms with Crippen molar-refractivity contribution in [1.82, 2.24) is 4.90 Å². The van der Waals surface area contributed by atoms with Crippen LogP contribution in [0.25, 0.3) is 0 Å². The molecule has 1 atom stereocenters. The number of ether oxygens (including phenoxy) is 1. The van der Waals surface area contributed by atoms with Gasteiger partial charge in [-0.1, -0.05) is 59.6 Å². The Labute approximate surface area is 144 Å². The van der Waals surface area contributed by atoms with E-state index in [2.05, 4.69) is 0 Å². The fraction of sp³-hybridized carbons (Fsp3) is 0.176. The smallest absolute Gasteiger partial charge is 0.340 e. The maximum atomic E-state index is 12.4. The zero-order valence-electron chi connectivity index (χ0n) is 12.6. The fourth-order valence-electron chi connectivity index (χ4n) is 1.96. The summed E-state index contributed by atoms with van der Waals surface area (Å²) in [6.07, 6.45) is -1.05. The molecular weight excluding hydrogens is 337 g/mol. The van der Waals surface area contributed by atoms with Crippen LogP contribution in [0.1, 0.15) is 22.0 Å². The predicted molar refractivity (Wildman–Crippen MR) is 89.8 cm³/mol. The minimum atomic E-state index is -1.05. The van der Waals surface area contributed by atoms with Crippen molar-refractivity contribution in [3.8, 4) is 0 Å². The highest BCUT2D eigenvalue weighted by Crippen LogP contribution is 2.28. The summed E-state index contributed by atoms with van der Waals surface area (Å²) in [4.78, 5) is 26.1. The number of carbonyl (C=O) groups is 2. The second kappa shape index (κ2) is 7.49. The average Bonchev–Trinajstić information content (AvgIpc) is 2.55. The molecule has 0 fully saturated rings. The zero-order chi connectivity index (χ0) is 17.0. The maximum Gasteiger partial charge on any atom is 0.340 e. The van der Waals surface area contributed by atoms with Crippen LogP contribution in [0.2, 0.25) is 10.0 Å². The summed E-state index contributed by atoms with van der Waals surface area (Å²) >= 11 is 11.9. The van der Waals surface area contributed by atoms with E-state index in [1.807, 2.05) is 6.07 Å². The molecule has 0 saturated heterocycles. The van der Waals surface area contributed by atoms with Gasteiger partial charge in [-0.05, 0) is 12.1 Å². The van der Waals surface area contributed by atoms with Gasteiger partial charge in [-0.25, -0.2) is 4.79 Å². The summed E-state index contributed by atoms with van der Waals surface area (Å²) < 4.78 is 5.41. The van der Waals surface area contributed by atoms with E-state index >= 15 is 0 Å². The van der Waals surface area contributed by atoms with Crippen LogP contribution >= 0.6 is 23.2 Å². The van der Waals surface area contributed by atoms with Gasteiger partial charge in [0.2, 0.25) is 6.10 Å². The van der Waals surface area contributed by atoms with Crippen molar-refractivity contribution in [2.24, 2.45) is 0 Å². The molecule has 0 heterocycles. The average molecular weight is 352 g/mol. The fourth-order valence-corrected chi connectivity index (χ4v) is 2.33. The van der Waals surface area contributed by atoms with Crippen LogP contribution in [-0.4, -0.2) is 30.9 Å². The monoisotopic (exact) mass is 351 g/mol. The first-order valence-electron chi connectivity index (χ1n) is 6.83. The Hall–Kier alpha value is -2.04. The first kappa shape index (κ1) is 17.3. The molecule has 2 rings (SSSR count). The van der Waals surface area contributed by atoms with E-state index in [4.69, 9.17) is 27.9 Å². The van der Waals surface area contributed by atoms with Crippen LogP contribution < -0.4 is 0 Å². The number of benzene rings is 2. The minimum absolute atomic E-state index is 0.100. The van der Waals surface area contributed by atoms with Gasteiger partial charge in [0.15, 0.2) is 0 Å². The van der Waals surface area contributed by atoms with Crippen molar-refractivity contribution >= 4 is 35.1 Å². The molecule has 0 radical (unpaired) electrons. The molecule has 120 valence electrons. The summed E-state index contributed by atoms with van der Waals surface area (Å²) in [5, 5.41) is 0.347. The Bertz CT molecular complexity index is 717. The molecule has 4 nitrogen and oxygen atoms in total. The standard InChI is InChI=1S/C17H15Cl2NO3/c1-20(2)16(21)15(11-7-4-3-5-8-11)23-17(22)12-9-6-10-13(18)14(12)19/h3-10,15H,1-2H3. The molecule has 2 aromatic carbocycles. The van der Waals surface area contributed by atoms with E-state index in [-0.39, 0.29) is 21.5 Å². The molecule has 1 unspecified atom stereocenters. The van der Waals surface area contributed by atoms with Gasteiger partial charge in [0.1, 0.15) is 0 Å². The highest BCUT2D eigenvalue weighted by atomic mass is 35.5. The summed E-state index contributed by atoms with van der Waals surface area (Å²) in [5.41, 5.74) is 0.698. The molecule has 0 aliphatic rings. The minimum Gasteiger partial charge on any atom is -0.444 e. The van der Waals surface area contributed by atoms with Crippen LogP contribution in [0.5, 0.6) is 0 Å². The van der Waals surface area contributed by atoms with Crippen molar-refractivity contribution < 1.29 is 14.3 Å². The summed E-state index contributed by atoms with van der Waals surface area (Å²) in [6.45, 7) is 0. The molecule has 23 heavy (non-hydrogen) atoms. The Kier molecular flexibility index (Phi) is 5.64. The third kappa shape index (κ3) is 4.03. The van der Waals surface area contributed by atoms with Crippen LogP contribution in [0.4, 0.5) is 0 Å². The third-order valence-electron chi connectivity index (χ3n) is 3.16. The molecule has 0 saturated carbocycles. The molecule has 0 aromatic heterocycles. The Balaban J connectivity index is 2.33. The van der Waals surface area contributed by atoms with E-state index in [9.17, 15) is 9.59 Å². The first-order valence-corrected chi connectivity index (χ1v) is 7.58. The van der Waals surface area contributed by atoms with E-state index in [1.54, 1.807) is 50.5 Å². The Morgan fingerprint density at radius 2 is 1.65 bits per heavy atom. The van der Waals surface area contributed by atoms with Crippen LogP contribution in [0.15, 0.2) is 48.5 Å². The summed E-state index contributed by atoms with van der Waals surface area (Å²) in [7, 11) is 3.19. The lowest BCUT2D eigenvalue weighted by Gasteiger charge is -2.21. The number of hydrogen-bond acceptors (Lipinski definition) is 3. The third-order valence-corrected chi connectivity index (χ3v) is 3.98. The van der Waals surface area contributed by atoms with Gasteiger partial charge in [0.05, 0.1) is 15.6 Å². The number of rotatable bonds is 4. The maximum absolute atomic E-state index is 12.4. The number of halogens is 2. The molecule has 0 N–H and O–H groups in total. The highest BCUT2D eigenvalue weighted by Gasteiger charge is 2.28. The molecule has 0 bridgehead atoms. The number of amides is 1. The quantitative estimate of drug-likeness (QED) is 0.782. The van der Waals surface area contributed by atoms with Gasteiger partial charge in [0.25, 0.3) is 5.91 Å². The van der Waals surface area contributed by atoms with Crippen molar-refractivity contribution in [2.75, 3.05) is 14.1 Å². The lowest BCUT2D eigenvalue weighted by Crippen LogP contribution is -2.31. The van der Waals surface area contributed by atoms with Crippen LogP contribution in [0.3, 0.4) is 0 Å². The Morgan fingerprint density at radius 3 is 2.26 bits per heavy atom. The normalized spacial score (nSPS) is 11.7. The van der Waals surface area contributed by atoms with Crippen molar-refractivity contribution in [1.29, 1.82) is 0 Å². The van der Waals surface area contributed by atoms with E-state index < -0.39 is 12.1 Å². The number of nitrogens with zero attached hydrogens (tertiary/aromatic N) is 1. The number of hydrogen-bond donors (Lipinski definition) is 0. The second-order valence-electron chi connectivity index (χ2n) is 5.03. The predicted octanol–water partition coefficient (Wildman–Crippen LogP) is 3.98. The SMILES string of the molecule is CN(C)C(=O)C(OC(=O)c1cccc(Cl)c1Cl)c1ccccc1. The van der Waals surface area contributed by atoms with Crippen molar-refractivity contribution in [3.05, 3.63) is 69.7 Å². The molecule has 0 aliphatic heterocycles. The first-order chi connectivity index (χ1) is 10.9. The zero-order valence-corrected chi connectivity index (χ0v) is 14.1. The van der Waals surface area contributed by atoms with Gasteiger partial charge in [-0.2, -0.15) is 0 Å². The van der Waals surface area contributed by atoms with Gasteiger partial charge in [-0.3, -0.25) is 4.79 Å². The van der Waals surface area contributed by atoms with E-state index in [0.29, 0.717) is 5.56 Å². The highest BCUT2D eigenvalue weighted by molar-refractivity contribution is 6.43. The number of carbonyl (C=O) groups excluding carboxylic acids is 2. The second-order valence-corrected chi connectivity index (χ2v) is 5.82. The number of esters is 1. The van der Waals surface area contributed by atoms with Crippen LogP contribution in [0, 0.1) is 0 Å². The molecular formula is C17H15Cl2NO3. The van der Waals surface area contributed by atoms with Gasteiger partial charge >= 0.3 is 5.97 Å². The summed E-state index contributed by atoms with van der Waals surface area (Å²) in [6, 6.07) is 13.5. The molecule has 0 spiro atoms. The van der Waals surface area contributed by atoms with E-state index in [0.717, 1.165) is 0 Å². The van der Waals surface area contributed by atoms with Gasteiger partial charge in [-0.15, -0.1) is 0 Å². The lowest BCUT2D eigenvalue weighted by atomic mass is 10.1. The largest absolute Gasteiger partial charge is 0.444 e. The van der Waals surface area contributed by atoms with Gasteiger partial charge < -0.3 is 9.64 Å². The van der Waals surface area contributed by atoms with Crippen molar-refractivity contribution in [2.45, 2.75) is 6.10 Å². The number of likely N-dealkylation sites (N-methyl/N-ethyl adjacent to an activating group) is 1. The molecule has 6 heteroatoms. The van der Waals surface area contributed by atoms with E-state index in [1.165, 1.54) is 11.0 Å². The van der Waals surface area contributed by atoms with Crippen LogP contribution in [-0.2, 0) is 9.53 Å². The van der Waals surface area contributed by atoms with Gasteiger partial charge in [0, 0.05) is 19.7 Å². The molecule has 0 aliphatic carbocycles. The topological polar surface area (TPSA) is 46.6 Å². The molecule has 1 amide bonds. The molecule has 2 aromatic rings.